The second kappa shape index (κ2) is 13.3. The Bertz CT molecular complexity index is 239. The van der Waals surface area contributed by atoms with Crippen LogP contribution in [0.1, 0.15) is 51.4 Å². The van der Waals surface area contributed by atoms with Crippen LogP contribution in [0.25, 0.3) is 0 Å². The molecule has 5 heteroatoms. The number of carboxylic acid groups (broad SMARTS) is 2. The number of carbonyl (C=O) groups excluding carboxylic acids is 2. The summed E-state index contributed by atoms with van der Waals surface area (Å²) in [5.41, 5.74) is 0. The van der Waals surface area contributed by atoms with Crippen LogP contribution < -0.4 is 10.2 Å². The molecule has 99 valence electrons. The van der Waals surface area contributed by atoms with E-state index >= 15 is 0 Å². The van der Waals surface area contributed by atoms with Crippen LogP contribution in [0.4, 0.5) is 0 Å². The van der Waals surface area contributed by atoms with Gasteiger partial charge in [-0.05, 0) is 31.8 Å². The minimum Gasteiger partial charge on any atom is -0.550 e. The Morgan fingerprint density at radius 2 is 1.41 bits per heavy atom. The van der Waals surface area contributed by atoms with Gasteiger partial charge >= 0.3 is 16.8 Å². The molecule has 0 aliphatic carbocycles. The standard InChI is InChI=1S/C12H20O4.Co/c13-11(14)9-7-5-3-1-2-4-6-8-10-12(15)16;/h7,9H,1-6,8,10H2,(H,13,14)(H,15,16);/q;+2/p-2. The van der Waals surface area contributed by atoms with Crippen LogP contribution in [0.3, 0.4) is 0 Å². The number of hydrogen-bond acceptors (Lipinski definition) is 4. The zero-order chi connectivity index (χ0) is 12.2. The Labute approximate surface area is 112 Å². The zero-order valence-corrected chi connectivity index (χ0v) is 10.8. The number of allylic oxidation sites excluding steroid dienone is 1. The summed E-state index contributed by atoms with van der Waals surface area (Å²) >= 11 is 0. The molecule has 4 nitrogen and oxygen atoms in total. The Morgan fingerprint density at radius 3 is 1.94 bits per heavy atom. The molecule has 0 aliphatic rings. The van der Waals surface area contributed by atoms with Crippen molar-refractivity contribution in [1.82, 2.24) is 0 Å². The van der Waals surface area contributed by atoms with Crippen molar-refractivity contribution in [2.24, 2.45) is 0 Å². The van der Waals surface area contributed by atoms with Gasteiger partial charge in [-0.25, -0.2) is 0 Å². The maximum atomic E-state index is 10.1. The van der Waals surface area contributed by atoms with Crippen LogP contribution >= 0.6 is 0 Å². The molecule has 0 bridgehead atoms. The molecule has 0 amide bonds. The zero-order valence-electron chi connectivity index (χ0n) is 9.78. The Kier molecular flexibility index (Phi) is 14.5. The van der Waals surface area contributed by atoms with E-state index in [-0.39, 0.29) is 23.2 Å². The fraction of sp³-hybridized carbons (Fsp3) is 0.667. The summed E-state index contributed by atoms with van der Waals surface area (Å²) in [5, 5.41) is 20.1. The molecular weight excluding hydrogens is 267 g/mol. The first-order valence-corrected chi connectivity index (χ1v) is 5.70. The quantitative estimate of drug-likeness (QED) is 0.423. The molecule has 0 rings (SSSR count). The third-order valence-electron chi connectivity index (χ3n) is 2.26. The molecule has 17 heavy (non-hydrogen) atoms. The van der Waals surface area contributed by atoms with Gasteiger partial charge in [0, 0.05) is 5.97 Å². The monoisotopic (exact) mass is 285 g/mol. The van der Waals surface area contributed by atoms with E-state index in [2.05, 4.69) is 0 Å². The molecule has 0 N–H and O–H groups in total. The number of rotatable bonds is 10. The van der Waals surface area contributed by atoms with Crippen molar-refractivity contribution in [2.45, 2.75) is 51.4 Å². The van der Waals surface area contributed by atoms with Gasteiger partial charge in [-0.2, -0.15) is 0 Å². The summed E-state index contributed by atoms with van der Waals surface area (Å²) in [6, 6.07) is 0. The molecule has 0 saturated heterocycles. The van der Waals surface area contributed by atoms with E-state index in [0.717, 1.165) is 44.6 Å². The van der Waals surface area contributed by atoms with E-state index in [9.17, 15) is 19.8 Å². The maximum absolute atomic E-state index is 10.1. The fourth-order valence-corrected chi connectivity index (χ4v) is 1.42. The van der Waals surface area contributed by atoms with Gasteiger partial charge in [0.05, 0.1) is 5.97 Å². The molecule has 0 aromatic rings. The largest absolute Gasteiger partial charge is 2.00 e. The third-order valence-corrected chi connectivity index (χ3v) is 2.26. The molecule has 0 fully saturated rings. The Morgan fingerprint density at radius 1 is 0.882 bits per heavy atom. The molecule has 0 unspecified atom stereocenters. The molecule has 0 atom stereocenters. The first-order valence-electron chi connectivity index (χ1n) is 5.70. The van der Waals surface area contributed by atoms with Crippen LogP contribution in [0.2, 0.25) is 0 Å². The second-order valence-electron chi connectivity index (χ2n) is 3.75. The van der Waals surface area contributed by atoms with Gasteiger partial charge in [0.2, 0.25) is 0 Å². The van der Waals surface area contributed by atoms with E-state index in [4.69, 9.17) is 0 Å². The number of unbranched alkanes of at least 4 members (excludes halogenated alkanes) is 6. The predicted molar refractivity (Wildman–Crippen MR) is 56.1 cm³/mol. The van der Waals surface area contributed by atoms with Crippen LogP contribution in [0, 0.1) is 0 Å². The first-order chi connectivity index (χ1) is 7.63. The van der Waals surface area contributed by atoms with Crippen molar-refractivity contribution >= 4 is 11.9 Å². The van der Waals surface area contributed by atoms with Crippen molar-refractivity contribution in [2.75, 3.05) is 0 Å². The summed E-state index contributed by atoms with van der Waals surface area (Å²) < 4.78 is 0. The van der Waals surface area contributed by atoms with Crippen molar-refractivity contribution < 1.29 is 36.6 Å². The average molecular weight is 285 g/mol. The third kappa shape index (κ3) is 17.8. The van der Waals surface area contributed by atoms with E-state index in [1.165, 1.54) is 0 Å². The second-order valence-corrected chi connectivity index (χ2v) is 3.75. The number of carbonyl (C=O) groups is 2. The number of aliphatic carboxylic acids is 2. The smallest absolute Gasteiger partial charge is 0.550 e. The maximum Gasteiger partial charge on any atom is 2.00 e. The van der Waals surface area contributed by atoms with Crippen molar-refractivity contribution in [3.05, 3.63) is 12.2 Å². The van der Waals surface area contributed by atoms with Crippen LogP contribution in [0.15, 0.2) is 12.2 Å². The summed E-state index contributed by atoms with van der Waals surface area (Å²) in [4.78, 5) is 20.1. The Balaban J connectivity index is 0. The molecule has 0 spiro atoms. The molecule has 0 aromatic carbocycles. The number of carboxylic acids is 2. The van der Waals surface area contributed by atoms with Gasteiger partial charge in [-0.3, -0.25) is 0 Å². The topological polar surface area (TPSA) is 80.3 Å². The predicted octanol–water partition coefficient (Wildman–Crippen LogP) is 0.161. The molecule has 0 aromatic heterocycles. The van der Waals surface area contributed by atoms with Gasteiger partial charge in [0.1, 0.15) is 0 Å². The molecular formula is C12H18CoO4. The summed E-state index contributed by atoms with van der Waals surface area (Å²) in [7, 11) is 0. The van der Waals surface area contributed by atoms with Crippen LogP contribution in [-0.2, 0) is 26.4 Å². The van der Waals surface area contributed by atoms with E-state index in [1.807, 2.05) is 0 Å². The van der Waals surface area contributed by atoms with Crippen LogP contribution in [-0.4, -0.2) is 11.9 Å². The van der Waals surface area contributed by atoms with Gasteiger partial charge in [0.15, 0.2) is 0 Å². The van der Waals surface area contributed by atoms with Crippen molar-refractivity contribution in [3.63, 3.8) is 0 Å². The molecule has 0 heterocycles. The Hall–Kier alpha value is -0.814. The van der Waals surface area contributed by atoms with E-state index in [0.29, 0.717) is 6.42 Å². The van der Waals surface area contributed by atoms with E-state index < -0.39 is 11.9 Å². The number of hydrogen-bond donors (Lipinski definition) is 0. The molecule has 1 radical (unpaired) electrons. The van der Waals surface area contributed by atoms with Gasteiger partial charge in [-0.1, -0.05) is 31.8 Å². The first kappa shape index (κ1) is 18.5. The summed E-state index contributed by atoms with van der Waals surface area (Å²) in [6.07, 6.45) is 9.26. The van der Waals surface area contributed by atoms with Gasteiger partial charge in [0.25, 0.3) is 0 Å². The van der Waals surface area contributed by atoms with Crippen LogP contribution in [0.5, 0.6) is 0 Å². The van der Waals surface area contributed by atoms with Gasteiger partial charge < -0.3 is 19.8 Å². The minimum absolute atomic E-state index is 0. The minimum atomic E-state index is -1.15. The fourth-order valence-electron chi connectivity index (χ4n) is 1.42. The van der Waals surface area contributed by atoms with Gasteiger partial charge in [-0.15, -0.1) is 0 Å². The SMILES string of the molecule is O=C([O-])C=CCCCCCCCCC(=O)[O-].[Co+2]. The molecule has 0 saturated carbocycles. The van der Waals surface area contributed by atoms with Crippen molar-refractivity contribution in [1.29, 1.82) is 0 Å². The van der Waals surface area contributed by atoms with E-state index in [1.54, 1.807) is 6.08 Å². The van der Waals surface area contributed by atoms with Crippen molar-refractivity contribution in [3.8, 4) is 0 Å². The normalized spacial score (nSPS) is 10.1. The summed E-state index contributed by atoms with van der Waals surface area (Å²) in [5.74, 6) is -2.13. The average Bonchev–Trinajstić information content (AvgIpc) is 2.20. The molecule has 0 aliphatic heterocycles. The summed E-state index contributed by atoms with van der Waals surface area (Å²) in [6.45, 7) is 0.